The minimum atomic E-state index is -1.24. The number of aliphatic hydroxyl groups is 1. The van der Waals surface area contributed by atoms with Crippen LogP contribution in [-0.4, -0.2) is 57.7 Å². The van der Waals surface area contributed by atoms with Crippen molar-refractivity contribution in [3.05, 3.63) is 42.0 Å². The average molecular weight is 460 g/mol. The Labute approximate surface area is 196 Å². The van der Waals surface area contributed by atoms with Gasteiger partial charge in [0, 0.05) is 11.6 Å². The second kappa shape index (κ2) is 10.4. The van der Waals surface area contributed by atoms with Gasteiger partial charge in [-0.3, -0.25) is 9.59 Å². The minimum Gasteiger partial charge on any atom is -0.444 e. The third kappa shape index (κ3) is 7.89. The molecule has 8 heteroatoms. The second-order valence-electron chi connectivity index (χ2n) is 10.4. The number of rotatable bonds is 8. The first-order valence-corrected chi connectivity index (χ1v) is 11.2. The fourth-order valence-corrected chi connectivity index (χ4v) is 3.42. The molecule has 33 heavy (non-hydrogen) atoms. The molecule has 8 nitrogen and oxygen atoms in total. The number of amides is 3. The van der Waals surface area contributed by atoms with Gasteiger partial charge in [-0.1, -0.05) is 30.9 Å². The molecule has 1 fully saturated rings. The third-order valence-corrected chi connectivity index (χ3v) is 4.85. The summed E-state index contributed by atoms with van der Waals surface area (Å²) in [5, 5.41) is 15.3. The average Bonchev–Trinajstić information content (AvgIpc) is 3.51. The molecule has 1 saturated carbocycles. The summed E-state index contributed by atoms with van der Waals surface area (Å²) < 4.78 is 5.24. The molecule has 0 bridgehead atoms. The van der Waals surface area contributed by atoms with Crippen molar-refractivity contribution < 1.29 is 24.2 Å². The monoisotopic (exact) mass is 459 g/mol. The summed E-state index contributed by atoms with van der Waals surface area (Å²) in [7, 11) is 0. The van der Waals surface area contributed by atoms with Gasteiger partial charge in [0.25, 0.3) is 0 Å². The minimum absolute atomic E-state index is 0.171. The van der Waals surface area contributed by atoms with Gasteiger partial charge < -0.3 is 25.4 Å². The van der Waals surface area contributed by atoms with Crippen molar-refractivity contribution >= 4 is 24.0 Å². The van der Waals surface area contributed by atoms with Crippen molar-refractivity contribution in [3.8, 4) is 0 Å². The molecule has 0 saturated heterocycles. The van der Waals surface area contributed by atoms with Gasteiger partial charge in [-0.2, -0.15) is 0 Å². The second-order valence-corrected chi connectivity index (χ2v) is 10.4. The van der Waals surface area contributed by atoms with E-state index in [2.05, 4.69) is 17.2 Å². The van der Waals surface area contributed by atoms with Gasteiger partial charge in [-0.05, 0) is 71.6 Å². The summed E-state index contributed by atoms with van der Waals surface area (Å²) in [6.07, 6.45) is 2.33. The number of benzene rings is 1. The van der Waals surface area contributed by atoms with Gasteiger partial charge in [0.05, 0.1) is 6.61 Å². The van der Waals surface area contributed by atoms with E-state index < -0.39 is 41.8 Å². The van der Waals surface area contributed by atoms with Crippen LogP contribution >= 0.6 is 0 Å². The molecule has 3 amide bonds. The van der Waals surface area contributed by atoms with Crippen LogP contribution in [0.1, 0.15) is 71.6 Å². The topological polar surface area (TPSA) is 108 Å². The first kappa shape index (κ1) is 26.4. The lowest BCUT2D eigenvalue weighted by atomic mass is 9.98. The molecule has 1 aromatic carbocycles. The Morgan fingerprint density at radius 1 is 1.21 bits per heavy atom. The molecule has 1 aromatic rings. The molecule has 0 aromatic heterocycles. The Morgan fingerprint density at radius 3 is 2.33 bits per heavy atom. The lowest BCUT2D eigenvalue weighted by Crippen LogP contribution is -2.56. The molecular formula is C25H37N3O5. The van der Waals surface area contributed by atoms with Gasteiger partial charge >= 0.3 is 6.09 Å². The maximum absolute atomic E-state index is 13.6. The smallest absolute Gasteiger partial charge is 0.408 e. The number of aliphatic hydroxyl groups excluding tert-OH is 1. The zero-order valence-electron chi connectivity index (χ0n) is 20.5. The van der Waals surface area contributed by atoms with E-state index in [1.807, 2.05) is 39.0 Å². The van der Waals surface area contributed by atoms with Gasteiger partial charge in [0.2, 0.25) is 11.8 Å². The predicted octanol–water partition coefficient (Wildman–Crippen LogP) is 3.16. The molecule has 182 valence electrons. The van der Waals surface area contributed by atoms with Crippen molar-refractivity contribution in [2.45, 2.75) is 83.6 Å². The molecule has 2 unspecified atom stereocenters. The van der Waals surface area contributed by atoms with Crippen LogP contribution < -0.4 is 10.6 Å². The molecule has 2 rings (SSSR count). The number of nitrogens with one attached hydrogen (secondary N) is 2. The van der Waals surface area contributed by atoms with E-state index in [9.17, 15) is 19.5 Å². The van der Waals surface area contributed by atoms with Gasteiger partial charge in [0.15, 0.2) is 0 Å². The largest absolute Gasteiger partial charge is 0.444 e. The standard InChI is InChI=1S/C25H37N3O5/c1-8-16-10-9-11-17(14-16)20(21(30)27-24(2,3)4)28(18-12-13-18)22(31)19(15-29)26-23(32)33-25(5,6)7/h8-11,14,18-20,29H,1,12-13,15H2,2-7H3,(H,26,32)(H,27,30). The normalized spacial score (nSPS) is 15.7. The number of alkyl carbamates (subject to hydrolysis) is 1. The Bertz CT molecular complexity index is 881. The van der Waals surface area contributed by atoms with E-state index in [1.165, 1.54) is 4.90 Å². The van der Waals surface area contributed by atoms with Crippen LogP contribution in [0.25, 0.3) is 6.08 Å². The lowest BCUT2D eigenvalue weighted by Gasteiger charge is -2.36. The van der Waals surface area contributed by atoms with E-state index in [0.717, 1.165) is 18.4 Å². The fraction of sp³-hybridized carbons (Fsp3) is 0.560. The van der Waals surface area contributed by atoms with Crippen LogP contribution in [0.5, 0.6) is 0 Å². The van der Waals surface area contributed by atoms with E-state index in [1.54, 1.807) is 32.9 Å². The van der Waals surface area contributed by atoms with Crippen molar-refractivity contribution in [2.24, 2.45) is 0 Å². The molecule has 0 heterocycles. The molecule has 1 aliphatic carbocycles. The summed E-state index contributed by atoms with van der Waals surface area (Å²) in [5.74, 6) is -0.873. The molecule has 0 aliphatic heterocycles. The van der Waals surface area contributed by atoms with Crippen molar-refractivity contribution in [3.63, 3.8) is 0 Å². The van der Waals surface area contributed by atoms with Crippen LogP contribution in [-0.2, 0) is 14.3 Å². The molecule has 0 radical (unpaired) electrons. The Kier molecular flexibility index (Phi) is 8.30. The molecule has 0 spiro atoms. The number of carbonyl (C=O) groups is 3. The maximum atomic E-state index is 13.6. The first-order chi connectivity index (χ1) is 15.3. The lowest BCUT2D eigenvalue weighted by molar-refractivity contribution is -0.144. The van der Waals surface area contributed by atoms with Gasteiger partial charge in [0.1, 0.15) is 17.7 Å². The highest BCUT2D eigenvalue weighted by Crippen LogP contribution is 2.36. The predicted molar refractivity (Wildman–Crippen MR) is 127 cm³/mol. The SMILES string of the molecule is C=Cc1cccc(C(C(=O)NC(C)(C)C)N(C(=O)C(CO)NC(=O)OC(C)(C)C)C2CC2)c1. The summed E-state index contributed by atoms with van der Waals surface area (Å²) in [4.78, 5) is 40.8. The summed E-state index contributed by atoms with van der Waals surface area (Å²) >= 11 is 0. The highest BCUT2D eigenvalue weighted by molar-refractivity contribution is 5.93. The Morgan fingerprint density at radius 2 is 1.85 bits per heavy atom. The van der Waals surface area contributed by atoms with E-state index in [-0.39, 0.29) is 11.9 Å². The van der Waals surface area contributed by atoms with Crippen LogP contribution in [0.2, 0.25) is 0 Å². The fourth-order valence-electron chi connectivity index (χ4n) is 3.42. The van der Waals surface area contributed by atoms with E-state index in [4.69, 9.17) is 4.74 Å². The van der Waals surface area contributed by atoms with Crippen LogP contribution in [0, 0.1) is 0 Å². The van der Waals surface area contributed by atoms with E-state index in [0.29, 0.717) is 5.56 Å². The molecule has 1 aliphatic rings. The highest BCUT2D eigenvalue weighted by Gasteiger charge is 2.44. The van der Waals surface area contributed by atoms with Crippen LogP contribution in [0.3, 0.4) is 0 Å². The van der Waals surface area contributed by atoms with Crippen molar-refractivity contribution in [2.75, 3.05) is 6.61 Å². The van der Waals surface area contributed by atoms with Gasteiger partial charge in [-0.25, -0.2) is 4.79 Å². The number of ether oxygens (including phenoxy) is 1. The van der Waals surface area contributed by atoms with Crippen molar-refractivity contribution in [1.82, 2.24) is 15.5 Å². The maximum Gasteiger partial charge on any atom is 0.408 e. The summed E-state index contributed by atoms with van der Waals surface area (Å²) in [6.45, 7) is 13.9. The molecule has 3 N–H and O–H groups in total. The first-order valence-electron chi connectivity index (χ1n) is 11.2. The zero-order valence-corrected chi connectivity index (χ0v) is 20.5. The summed E-state index contributed by atoms with van der Waals surface area (Å²) in [5.41, 5.74) is 0.163. The molecule has 2 atom stereocenters. The number of hydrogen-bond donors (Lipinski definition) is 3. The number of hydrogen-bond acceptors (Lipinski definition) is 5. The van der Waals surface area contributed by atoms with Crippen molar-refractivity contribution in [1.29, 1.82) is 0 Å². The third-order valence-electron chi connectivity index (χ3n) is 4.85. The zero-order chi connectivity index (χ0) is 25.0. The van der Waals surface area contributed by atoms with Crippen LogP contribution in [0.4, 0.5) is 4.79 Å². The number of carbonyl (C=O) groups excluding carboxylic acids is 3. The van der Waals surface area contributed by atoms with Crippen LogP contribution in [0.15, 0.2) is 30.8 Å². The Balaban J connectivity index is 2.43. The Hall–Kier alpha value is -2.87. The quantitative estimate of drug-likeness (QED) is 0.553. The van der Waals surface area contributed by atoms with Gasteiger partial charge in [-0.15, -0.1) is 0 Å². The number of nitrogens with zero attached hydrogens (tertiary/aromatic N) is 1. The highest BCUT2D eigenvalue weighted by atomic mass is 16.6. The van der Waals surface area contributed by atoms with E-state index >= 15 is 0 Å². The summed E-state index contributed by atoms with van der Waals surface area (Å²) in [6, 6.07) is 4.93. The molecular weight excluding hydrogens is 422 g/mol.